The van der Waals surface area contributed by atoms with Gasteiger partial charge in [0, 0.05) is 38.1 Å². The van der Waals surface area contributed by atoms with Gasteiger partial charge in [0.2, 0.25) is 5.89 Å². The monoisotopic (exact) mass is 394 g/mol. The maximum atomic E-state index is 13.2. The van der Waals surface area contributed by atoms with Crippen LogP contribution < -0.4 is 10.6 Å². The standard InChI is InChI=1S/C18H24ClFN6O/c1-12-23-17(25-27-12)9-22-18(21-2)24-15-4-3-7-26(11-15)10-13-5-6-14(20)8-16(13)19/h5-6,8,15H,3-4,7,9-11H2,1-2H3,(H2,21,22,24). The largest absolute Gasteiger partial charge is 0.352 e. The van der Waals surface area contributed by atoms with Crippen LogP contribution in [0.4, 0.5) is 4.39 Å². The van der Waals surface area contributed by atoms with Crippen LogP contribution in [-0.4, -0.2) is 47.2 Å². The summed E-state index contributed by atoms with van der Waals surface area (Å²) in [4.78, 5) is 10.7. The van der Waals surface area contributed by atoms with Gasteiger partial charge in [-0.05, 0) is 37.1 Å². The van der Waals surface area contributed by atoms with Crippen molar-refractivity contribution in [2.24, 2.45) is 4.99 Å². The third kappa shape index (κ3) is 5.64. The van der Waals surface area contributed by atoms with Crippen LogP contribution in [0.3, 0.4) is 0 Å². The average Bonchev–Trinajstić information content (AvgIpc) is 3.06. The van der Waals surface area contributed by atoms with Crippen molar-refractivity contribution in [2.45, 2.75) is 38.9 Å². The number of halogens is 2. The quantitative estimate of drug-likeness (QED) is 0.599. The number of guanidine groups is 1. The average molecular weight is 395 g/mol. The number of aryl methyl sites for hydroxylation is 1. The molecule has 1 unspecified atom stereocenters. The lowest BCUT2D eigenvalue weighted by Crippen LogP contribution is -2.50. The molecule has 0 amide bonds. The van der Waals surface area contributed by atoms with E-state index in [0.717, 1.165) is 31.5 Å². The highest BCUT2D eigenvalue weighted by Crippen LogP contribution is 2.21. The van der Waals surface area contributed by atoms with E-state index in [0.29, 0.717) is 35.8 Å². The lowest BCUT2D eigenvalue weighted by atomic mass is 10.0. The highest BCUT2D eigenvalue weighted by atomic mass is 35.5. The molecule has 1 aliphatic heterocycles. The van der Waals surface area contributed by atoms with E-state index < -0.39 is 0 Å². The van der Waals surface area contributed by atoms with E-state index in [1.165, 1.54) is 12.1 Å². The first kappa shape index (κ1) is 19.6. The summed E-state index contributed by atoms with van der Waals surface area (Å²) in [5.74, 6) is 1.52. The number of nitrogens with one attached hydrogen (secondary N) is 2. The molecule has 27 heavy (non-hydrogen) atoms. The molecule has 0 bridgehead atoms. The molecular weight excluding hydrogens is 371 g/mol. The summed E-state index contributed by atoms with van der Waals surface area (Å²) in [5.41, 5.74) is 0.939. The maximum Gasteiger partial charge on any atom is 0.223 e. The smallest absolute Gasteiger partial charge is 0.223 e. The van der Waals surface area contributed by atoms with Crippen LogP contribution in [0.5, 0.6) is 0 Å². The van der Waals surface area contributed by atoms with Gasteiger partial charge in [-0.1, -0.05) is 22.8 Å². The van der Waals surface area contributed by atoms with Crippen molar-refractivity contribution in [2.75, 3.05) is 20.1 Å². The Labute approximate surface area is 163 Å². The third-order valence-corrected chi connectivity index (χ3v) is 4.81. The topological polar surface area (TPSA) is 78.6 Å². The molecule has 0 radical (unpaired) electrons. The predicted octanol–water partition coefficient (Wildman–Crippen LogP) is 2.50. The Balaban J connectivity index is 1.52. The van der Waals surface area contributed by atoms with E-state index in [2.05, 4.69) is 30.7 Å². The summed E-state index contributed by atoms with van der Waals surface area (Å²) >= 11 is 6.16. The highest BCUT2D eigenvalue weighted by molar-refractivity contribution is 6.31. The van der Waals surface area contributed by atoms with Gasteiger partial charge in [-0.3, -0.25) is 9.89 Å². The van der Waals surface area contributed by atoms with Crippen LogP contribution in [0, 0.1) is 12.7 Å². The molecule has 0 spiro atoms. The molecule has 1 aliphatic rings. The molecule has 2 aromatic rings. The Morgan fingerprint density at radius 3 is 3.04 bits per heavy atom. The minimum atomic E-state index is -0.311. The first-order valence-corrected chi connectivity index (χ1v) is 9.34. The van der Waals surface area contributed by atoms with Crippen molar-refractivity contribution in [1.29, 1.82) is 0 Å². The fraction of sp³-hybridized carbons (Fsp3) is 0.500. The van der Waals surface area contributed by atoms with Gasteiger partial charge in [-0.25, -0.2) is 4.39 Å². The molecule has 146 valence electrons. The van der Waals surface area contributed by atoms with Gasteiger partial charge in [0.15, 0.2) is 11.8 Å². The third-order valence-electron chi connectivity index (χ3n) is 4.46. The predicted molar refractivity (Wildman–Crippen MR) is 102 cm³/mol. The Morgan fingerprint density at radius 2 is 2.33 bits per heavy atom. The summed E-state index contributed by atoms with van der Waals surface area (Å²) in [7, 11) is 1.73. The van der Waals surface area contributed by atoms with Crippen molar-refractivity contribution >= 4 is 17.6 Å². The van der Waals surface area contributed by atoms with Crippen LogP contribution in [0.1, 0.15) is 30.1 Å². The van der Waals surface area contributed by atoms with Crippen molar-refractivity contribution in [3.05, 3.63) is 46.3 Å². The van der Waals surface area contributed by atoms with Crippen LogP contribution in [0.2, 0.25) is 5.02 Å². The zero-order valence-corrected chi connectivity index (χ0v) is 16.3. The van der Waals surface area contributed by atoms with Gasteiger partial charge in [-0.2, -0.15) is 4.98 Å². The van der Waals surface area contributed by atoms with Gasteiger partial charge < -0.3 is 15.2 Å². The minimum Gasteiger partial charge on any atom is -0.352 e. The van der Waals surface area contributed by atoms with Gasteiger partial charge >= 0.3 is 0 Å². The van der Waals surface area contributed by atoms with E-state index in [1.54, 1.807) is 20.0 Å². The number of rotatable bonds is 5. The van der Waals surface area contributed by atoms with Crippen LogP contribution >= 0.6 is 11.6 Å². The number of aromatic nitrogens is 2. The van der Waals surface area contributed by atoms with Crippen LogP contribution in [-0.2, 0) is 13.1 Å². The molecule has 0 saturated carbocycles. The molecule has 9 heteroatoms. The number of likely N-dealkylation sites (tertiary alicyclic amines) is 1. The minimum absolute atomic E-state index is 0.260. The summed E-state index contributed by atoms with van der Waals surface area (Å²) in [5, 5.41) is 11.0. The fourth-order valence-electron chi connectivity index (χ4n) is 3.17. The van der Waals surface area contributed by atoms with Crippen molar-refractivity contribution in [3.8, 4) is 0 Å². The number of aliphatic imine (C=N–C) groups is 1. The maximum absolute atomic E-state index is 13.2. The first-order chi connectivity index (χ1) is 13.0. The molecule has 1 fully saturated rings. The fourth-order valence-corrected chi connectivity index (χ4v) is 3.40. The van der Waals surface area contributed by atoms with E-state index >= 15 is 0 Å². The van der Waals surface area contributed by atoms with Crippen molar-refractivity contribution < 1.29 is 8.91 Å². The normalized spacial score (nSPS) is 18.5. The molecule has 2 N–H and O–H groups in total. The molecular formula is C18H24ClFN6O. The van der Waals surface area contributed by atoms with Gasteiger partial charge in [0.1, 0.15) is 5.82 Å². The lowest BCUT2D eigenvalue weighted by Gasteiger charge is -2.34. The highest BCUT2D eigenvalue weighted by Gasteiger charge is 2.21. The lowest BCUT2D eigenvalue weighted by molar-refractivity contribution is 0.192. The number of benzene rings is 1. The molecule has 0 aliphatic carbocycles. The van der Waals surface area contributed by atoms with Gasteiger partial charge in [-0.15, -0.1) is 0 Å². The Hall–Kier alpha value is -2.19. The van der Waals surface area contributed by atoms with E-state index in [1.807, 2.05) is 0 Å². The summed E-state index contributed by atoms with van der Waals surface area (Å²) in [6, 6.07) is 4.83. The summed E-state index contributed by atoms with van der Waals surface area (Å²) in [6.45, 7) is 4.74. The van der Waals surface area contributed by atoms with Gasteiger partial charge in [0.05, 0.1) is 6.54 Å². The summed E-state index contributed by atoms with van der Waals surface area (Å²) < 4.78 is 18.2. The summed E-state index contributed by atoms with van der Waals surface area (Å²) in [6.07, 6.45) is 2.12. The molecule has 1 aromatic carbocycles. The second kappa shape index (κ2) is 9.14. The van der Waals surface area contributed by atoms with Gasteiger partial charge in [0.25, 0.3) is 0 Å². The van der Waals surface area contributed by atoms with Crippen molar-refractivity contribution in [3.63, 3.8) is 0 Å². The molecule has 1 atom stereocenters. The molecule has 1 saturated heterocycles. The molecule has 3 rings (SSSR count). The zero-order chi connectivity index (χ0) is 19.2. The Morgan fingerprint density at radius 1 is 1.48 bits per heavy atom. The Kier molecular flexibility index (Phi) is 6.63. The SMILES string of the molecule is CN=C(NCc1noc(C)n1)NC1CCCN(Cc2ccc(F)cc2Cl)C1. The second-order valence-electron chi connectivity index (χ2n) is 6.61. The number of hydrogen-bond donors (Lipinski definition) is 2. The first-order valence-electron chi connectivity index (χ1n) is 8.96. The Bertz CT molecular complexity index is 796. The van der Waals surface area contributed by atoms with E-state index in [9.17, 15) is 4.39 Å². The number of hydrogen-bond acceptors (Lipinski definition) is 5. The molecule has 2 heterocycles. The number of piperidine rings is 1. The number of nitrogens with zero attached hydrogens (tertiary/aromatic N) is 4. The second-order valence-corrected chi connectivity index (χ2v) is 7.02. The van der Waals surface area contributed by atoms with E-state index in [-0.39, 0.29) is 11.9 Å². The van der Waals surface area contributed by atoms with Crippen molar-refractivity contribution in [1.82, 2.24) is 25.7 Å². The van der Waals surface area contributed by atoms with Crippen LogP contribution in [0.15, 0.2) is 27.7 Å². The zero-order valence-electron chi connectivity index (χ0n) is 15.5. The van der Waals surface area contributed by atoms with Crippen LogP contribution in [0.25, 0.3) is 0 Å². The van der Waals surface area contributed by atoms with E-state index in [4.69, 9.17) is 16.1 Å². The molecule has 1 aromatic heterocycles. The molecule has 7 nitrogen and oxygen atoms in total.